The molecule has 0 aliphatic rings. The summed E-state index contributed by atoms with van der Waals surface area (Å²) in [6, 6.07) is 7.42. The van der Waals surface area contributed by atoms with E-state index in [1.165, 1.54) is 0 Å². The summed E-state index contributed by atoms with van der Waals surface area (Å²) < 4.78 is 4.97. The Morgan fingerprint density at radius 1 is 0.923 bits per heavy atom. The van der Waals surface area contributed by atoms with Crippen molar-refractivity contribution in [2.75, 3.05) is 11.5 Å². The van der Waals surface area contributed by atoms with Gasteiger partial charge in [-0.15, -0.1) is 0 Å². The van der Waals surface area contributed by atoms with Crippen LogP contribution in [0.15, 0.2) is 41.2 Å². The molecule has 3 heteroatoms. The number of benzene rings is 1. The molecule has 1 aromatic carbocycles. The average molecular weight is 174 g/mol. The van der Waals surface area contributed by atoms with E-state index in [9.17, 15) is 0 Å². The van der Waals surface area contributed by atoms with Crippen molar-refractivity contribution >= 4 is 11.4 Å². The lowest BCUT2D eigenvalue weighted by atomic mass is 10.1. The van der Waals surface area contributed by atoms with Crippen molar-refractivity contribution in [3.05, 3.63) is 36.8 Å². The van der Waals surface area contributed by atoms with Crippen LogP contribution in [-0.4, -0.2) is 0 Å². The lowest BCUT2D eigenvalue weighted by Crippen LogP contribution is -1.93. The lowest BCUT2D eigenvalue weighted by Gasteiger charge is -2.01. The molecule has 66 valence electrons. The third-order valence-electron chi connectivity index (χ3n) is 1.94. The highest BCUT2D eigenvalue weighted by molar-refractivity contribution is 5.73. The monoisotopic (exact) mass is 174 g/mol. The molecule has 0 unspecified atom stereocenters. The van der Waals surface area contributed by atoms with Gasteiger partial charge >= 0.3 is 0 Å². The SMILES string of the molecule is Nc1ccc(-c2ccoc2)cc1N. The molecule has 0 aliphatic carbocycles. The second-order valence-electron chi connectivity index (χ2n) is 2.86. The van der Waals surface area contributed by atoms with Crippen molar-refractivity contribution in [3.8, 4) is 11.1 Å². The Bertz CT molecular complexity index is 407. The van der Waals surface area contributed by atoms with Crippen LogP contribution in [0, 0.1) is 0 Å². The van der Waals surface area contributed by atoms with Crippen molar-refractivity contribution in [2.45, 2.75) is 0 Å². The van der Waals surface area contributed by atoms with E-state index in [2.05, 4.69) is 0 Å². The molecule has 2 aromatic rings. The van der Waals surface area contributed by atoms with E-state index in [0.29, 0.717) is 11.4 Å². The van der Waals surface area contributed by atoms with E-state index >= 15 is 0 Å². The third kappa shape index (κ3) is 1.36. The first-order valence-corrected chi connectivity index (χ1v) is 3.95. The summed E-state index contributed by atoms with van der Waals surface area (Å²) in [5, 5.41) is 0. The van der Waals surface area contributed by atoms with Crippen LogP contribution in [-0.2, 0) is 0 Å². The van der Waals surface area contributed by atoms with Crippen LogP contribution in [0.5, 0.6) is 0 Å². The molecule has 0 saturated carbocycles. The third-order valence-corrected chi connectivity index (χ3v) is 1.94. The van der Waals surface area contributed by atoms with Crippen molar-refractivity contribution in [1.82, 2.24) is 0 Å². The molecule has 2 rings (SSSR count). The summed E-state index contributed by atoms with van der Waals surface area (Å²) in [5.74, 6) is 0. The fourth-order valence-electron chi connectivity index (χ4n) is 1.18. The van der Waals surface area contributed by atoms with Crippen LogP contribution >= 0.6 is 0 Å². The normalized spacial score (nSPS) is 10.2. The van der Waals surface area contributed by atoms with Gasteiger partial charge in [-0.25, -0.2) is 0 Å². The number of rotatable bonds is 1. The van der Waals surface area contributed by atoms with Gasteiger partial charge in [0.05, 0.1) is 23.9 Å². The summed E-state index contributed by atoms with van der Waals surface area (Å²) in [7, 11) is 0. The zero-order valence-corrected chi connectivity index (χ0v) is 7.03. The van der Waals surface area contributed by atoms with E-state index in [1.807, 2.05) is 18.2 Å². The molecular weight excluding hydrogens is 164 g/mol. The number of nitrogens with two attached hydrogens (primary N) is 2. The maximum Gasteiger partial charge on any atom is 0.0980 e. The lowest BCUT2D eigenvalue weighted by molar-refractivity contribution is 0.568. The summed E-state index contributed by atoms with van der Waals surface area (Å²) in [5.41, 5.74) is 14.5. The van der Waals surface area contributed by atoms with Crippen molar-refractivity contribution < 1.29 is 4.42 Å². The number of hydrogen-bond donors (Lipinski definition) is 2. The van der Waals surface area contributed by atoms with Crippen molar-refractivity contribution in [3.63, 3.8) is 0 Å². The maximum absolute atomic E-state index is 5.67. The Kier molecular flexibility index (Phi) is 1.70. The highest BCUT2D eigenvalue weighted by Gasteiger charge is 2.00. The number of hydrogen-bond acceptors (Lipinski definition) is 3. The van der Waals surface area contributed by atoms with Gasteiger partial charge < -0.3 is 15.9 Å². The van der Waals surface area contributed by atoms with Crippen molar-refractivity contribution in [1.29, 1.82) is 0 Å². The van der Waals surface area contributed by atoms with Gasteiger partial charge in [0.2, 0.25) is 0 Å². The molecule has 0 fully saturated rings. The summed E-state index contributed by atoms with van der Waals surface area (Å²) in [6.45, 7) is 0. The fraction of sp³-hybridized carbons (Fsp3) is 0. The Hall–Kier alpha value is -1.90. The molecule has 0 atom stereocenters. The first-order chi connectivity index (χ1) is 6.27. The molecule has 0 radical (unpaired) electrons. The summed E-state index contributed by atoms with van der Waals surface area (Å²) in [6.07, 6.45) is 3.30. The van der Waals surface area contributed by atoms with Crippen LogP contribution in [0.2, 0.25) is 0 Å². The van der Waals surface area contributed by atoms with Gasteiger partial charge in [-0.05, 0) is 23.8 Å². The molecule has 0 saturated heterocycles. The zero-order valence-electron chi connectivity index (χ0n) is 7.03. The van der Waals surface area contributed by atoms with Crippen LogP contribution in [0.25, 0.3) is 11.1 Å². The van der Waals surface area contributed by atoms with Gasteiger partial charge in [-0.2, -0.15) is 0 Å². The summed E-state index contributed by atoms with van der Waals surface area (Å²) >= 11 is 0. The van der Waals surface area contributed by atoms with Gasteiger partial charge in [0.15, 0.2) is 0 Å². The molecular formula is C10H10N2O. The van der Waals surface area contributed by atoms with Gasteiger partial charge in [0.1, 0.15) is 0 Å². The highest BCUT2D eigenvalue weighted by atomic mass is 16.3. The van der Waals surface area contributed by atoms with E-state index in [0.717, 1.165) is 11.1 Å². The van der Waals surface area contributed by atoms with Gasteiger partial charge in [-0.1, -0.05) is 6.07 Å². The molecule has 0 spiro atoms. The van der Waals surface area contributed by atoms with Crippen LogP contribution < -0.4 is 11.5 Å². The van der Waals surface area contributed by atoms with E-state index in [1.54, 1.807) is 18.6 Å². The molecule has 4 N–H and O–H groups in total. The number of nitrogen functional groups attached to an aromatic ring is 2. The van der Waals surface area contributed by atoms with Crippen molar-refractivity contribution in [2.24, 2.45) is 0 Å². The van der Waals surface area contributed by atoms with Gasteiger partial charge in [0.25, 0.3) is 0 Å². The zero-order chi connectivity index (χ0) is 9.26. The van der Waals surface area contributed by atoms with E-state index in [4.69, 9.17) is 15.9 Å². The molecule has 3 nitrogen and oxygen atoms in total. The van der Waals surface area contributed by atoms with E-state index < -0.39 is 0 Å². The topological polar surface area (TPSA) is 65.2 Å². The Morgan fingerprint density at radius 2 is 1.77 bits per heavy atom. The van der Waals surface area contributed by atoms with Gasteiger partial charge in [0, 0.05) is 5.56 Å². The molecule has 0 amide bonds. The standard InChI is InChI=1S/C10H10N2O/c11-9-2-1-7(5-10(9)12)8-3-4-13-6-8/h1-6H,11-12H2. The average Bonchev–Trinajstić information content (AvgIpc) is 2.62. The smallest absolute Gasteiger partial charge is 0.0980 e. The van der Waals surface area contributed by atoms with Gasteiger partial charge in [-0.3, -0.25) is 0 Å². The van der Waals surface area contributed by atoms with Crippen LogP contribution in [0.4, 0.5) is 11.4 Å². The molecule has 0 aliphatic heterocycles. The van der Waals surface area contributed by atoms with Crippen LogP contribution in [0.3, 0.4) is 0 Å². The maximum atomic E-state index is 5.67. The molecule has 13 heavy (non-hydrogen) atoms. The Balaban J connectivity index is 2.49. The Labute approximate surface area is 76.0 Å². The molecule has 1 aromatic heterocycles. The highest BCUT2D eigenvalue weighted by Crippen LogP contribution is 2.25. The van der Waals surface area contributed by atoms with Crippen LogP contribution in [0.1, 0.15) is 0 Å². The first-order valence-electron chi connectivity index (χ1n) is 3.95. The second kappa shape index (κ2) is 2.86. The molecule has 0 bridgehead atoms. The minimum absolute atomic E-state index is 0.596. The number of furan rings is 1. The van der Waals surface area contributed by atoms with E-state index in [-0.39, 0.29) is 0 Å². The fourth-order valence-corrected chi connectivity index (χ4v) is 1.18. The largest absolute Gasteiger partial charge is 0.472 e. The Morgan fingerprint density at radius 3 is 2.38 bits per heavy atom. The predicted molar refractivity (Wildman–Crippen MR) is 53.0 cm³/mol. The minimum atomic E-state index is 0.596. The first kappa shape index (κ1) is 7.73. The summed E-state index contributed by atoms with van der Waals surface area (Å²) in [4.78, 5) is 0. The molecule has 1 heterocycles. The predicted octanol–water partition coefficient (Wildman–Crippen LogP) is 2.11. The quantitative estimate of drug-likeness (QED) is 0.651. The minimum Gasteiger partial charge on any atom is -0.472 e. The second-order valence-corrected chi connectivity index (χ2v) is 2.86. The number of anilines is 2.